The van der Waals surface area contributed by atoms with Crippen molar-refractivity contribution in [3.63, 3.8) is 0 Å². The molecule has 0 saturated heterocycles. The van der Waals surface area contributed by atoms with Gasteiger partial charge in [0.05, 0.1) is 13.7 Å². The van der Waals surface area contributed by atoms with E-state index in [2.05, 4.69) is 10.6 Å². The standard InChI is InChI=1S/C16H24N2O4/c1-16(2,3)22-15(20)18-11-14(19)17-10-9-12-5-7-13(21-4)8-6-12/h5-8H,9-11H2,1-4H3,(H,17,19)(H,18,20). The van der Waals surface area contributed by atoms with Crippen molar-refractivity contribution in [1.29, 1.82) is 0 Å². The van der Waals surface area contributed by atoms with Gasteiger partial charge in [-0.15, -0.1) is 0 Å². The summed E-state index contributed by atoms with van der Waals surface area (Å²) in [5, 5.41) is 5.15. The molecular weight excluding hydrogens is 284 g/mol. The summed E-state index contributed by atoms with van der Waals surface area (Å²) in [5.41, 5.74) is 0.524. The molecule has 2 amide bonds. The molecule has 0 saturated carbocycles. The lowest BCUT2D eigenvalue weighted by molar-refractivity contribution is -0.120. The molecule has 0 heterocycles. The molecule has 0 aliphatic carbocycles. The summed E-state index contributed by atoms with van der Waals surface area (Å²) in [7, 11) is 1.62. The van der Waals surface area contributed by atoms with Gasteiger partial charge in [-0.1, -0.05) is 12.1 Å². The summed E-state index contributed by atoms with van der Waals surface area (Å²) in [6.07, 6.45) is 0.111. The summed E-state index contributed by atoms with van der Waals surface area (Å²) in [4.78, 5) is 23.0. The summed E-state index contributed by atoms with van der Waals surface area (Å²) < 4.78 is 10.1. The zero-order valence-corrected chi connectivity index (χ0v) is 13.6. The van der Waals surface area contributed by atoms with E-state index in [1.807, 2.05) is 24.3 Å². The molecule has 1 aromatic rings. The number of nitrogens with one attached hydrogen (secondary N) is 2. The molecule has 0 spiro atoms. The maximum atomic E-state index is 11.6. The molecule has 22 heavy (non-hydrogen) atoms. The Hall–Kier alpha value is -2.24. The number of carbonyl (C=O) groups is 2. The van der Waals surface area contributed by atoms with Gasteiger partial charge in [-0.05, 0) is 44.9 Å². The van der Waals surface area contributed by atoms with E-state index >= 15 is 0 Å². The Labute approximate surface area is 131 Å². The van der Waals surface area contributed by atoms with Gasteiger partial charge in [-0.2, -0.15) is 0 Å². The number of hydrogen-bond donors (Lipinski definition) is 2. The van der Waals surface area contributed by atoms with Crippen LogP contribution in [0, 0.1) is 0 Å². The highest BCUT2D eigenvalue weighted by molar-refractivity contribution is 5.82. The molecule has 2 N–H and O–H groups in total. The predicted octanol–water partition coefficient (Wildman–Crippen LogP) is 1.88. The normalized spacial score (nSPS) is 10.7. The average Bonchev–Trinajstić information content (AvgIpc) is 2.44. The Bertz CT molecular complexity index is 492. The number of alkyl carbamates (subject to hydrolysis) is 1. The second-order valence-corrected chi connectivity index (χ2v) is 5.80. The molecule has 0 fully saturated rings. The van der Waals surface area contributed by atoms with Crippen molar-refractivity contribution in [3.8, 4) is 5.75 Å². The molecule has 122 valence electrons. The number of amides is 2. The third-order valence-electron chi connectivity index (χ3n) is 2.69. The molecule has 1 rings (SSSR count). The molecule has 0 aliphatic heterocycles. The fourth-order valence-electron chi connectivity index (χ4n) is 1.67. The van der Waals surface area contributed by atoms with E-state index in [-0.39, 0.29) is 12.5 Å². The van der Waals surface area contributed by atoms with Crippen molar-refractivity contribution >= 4 is 12.0 Å². The maximum absolute atomic E-state index is 11.6. The molecular formula is C16H24N2O4. The molecule has 1 aromatic carbocycles. The Morgan fingerprint density at radius 3 is 2.27 bits per heavy atom. The molecule has 0 atom stereocenters. The second kappa shape index (κ2) is 8.26. The number of carbonyl (C=O) groups excluding carboxylic acids is 2. The zero-order valence-electron chi connectivity index (χ0n) is 13.6. The first-order chi connectivity index (χ1) is 10.3. The van der Waals surface area contributed by atoms with Crippen molar-refractivity contribution in [1.82, 2.24) is 10.6 Å². The van der Waals surface area contributed by atoms with E-state index < -0.39 is 11.7 Å². The number of hydrogen-bond acceptors (Lipinski definition) is 4. The highest BCUT2D eigenvalue weighted by atomic mass is 16.6. The van der Waals surface area contributed by atoms with E-state index in [0.29, 0.717) is 13.0 Å². The van der Waals surface area contributed by atoms with Crippen molar-refractivity contribution in [3.05, 3.63) is 29.8 Å². The van der Waals surface area contributed by atoms with E-state index in [4.69, 9.17) is 9.47 Å². The van der Waals surface area contributed by atoms with Crippen molar-refractivity contribution in [2.75, 3.05) is 20.2 Å². The van der Waals surface area contributed by atoms with Gasteiger partial charge in [-0.25, -0.2) is 4.79 Å². The number of ether oxygens (including phenoxy) is 2. The highest BCUT2D eigenvalue weighted by Gasteiger charge is 2.16. The number of methoxy groups -OCH3 is 1. The van der Waals surface area contributed by atoms with E-state index in [0.717, 1.165) is 11.3 Å². The monoisotopic (exact) mass is 308 g/mol. The van der Waals surface area contributed by atoms with Crippen LogP contribution < -0.4 is 15.4 Å². The van der Waals surface area contributed by atoms with Crippen LogP contribution in [0.1, 0.15) is 26.3 Å². The largest absolute Gasteiger partial charge is 0.497 e. The SMILES string of the molecule is COc1ccc(CCNC(=O)CNC(=O)OC(C)(C)C)cc1. The van der Waals surface area contributed by atoms with Crippen molar-refractivity contribution in [2.24, 2.45) is 0 Å². The topological polar surface area (TPSA) is 76.7 Å². The fourth-order valence-corrected chi connectivity index (χ4v) is 1.67. The molecule has 6 nitrogen and oxygen atoms in total. The first-order valence-corrected chi connectivity index (χ1v) is 7.16. The van der Waals surface area contributed by atoms with Crippen LogP contribution in [0.2, 0.25) is 0 Å². The van der Waals surface area contributed by atoms with Crippen LogP contribution in [0.5, 0.6) is 5.75 Å². The van der Waals surface area contributed by atoms with Gasteiger partial charge in [0.25, 0.3) is 0 Å². The minimum Gasteiger partial charge on any atom is -0.497 e. The molecule has 0 bridgehead atoms. The minimum atomic E-state index is -0.599. The van der Waals surface area contributed by atoms with Crippen LogP contribution in [0.15, 0.2) is 24.3 Å². The fraction of sp³-hybridized carbons (Fsp3) is 0.500. The van der Waals surface area contributed by atoms with Crippen molar-refractivity contribution < 1.29 is 19.1 Å². The minimum absolute atomic E-state index is 0.0997. The smallest absolute Gasteiger partial charge is 0.408 e. The quantitative estimate of drug-likeness (QED) is 0.841. The van der Waals surface area contributed by atoms with Crippen molar-refractivity contribution in [2.45, 2.75) is 32.8 Å². The van der Waals surface area contributed by atoms with Crippen LogP contribution in [0.4, 0.5) is 4.79 Å². The number of benzene rings is 1. The summed E-state index contributed by atoms with van der Waals surface area (Å²) in [6.45, 7) is 5.70. The number of rotatable bonds is 6. The van der Waals surface area contributed by atoms with Gasteiger partial charge in [-0.3, -0.25) is 4.79 Å². The van der Waals surface area contributed by atoms with Gasteiger partial charge in [0.15, 0.2) is 0 Å². The van der Waals surface area contributed by atoms with E-state index in [1.165, 1.54) is 0 Å². The lowest BCUT2D eigenvalue weighted by atomic mass is 10.1. The molecule has 6 heteroatoms. The third kappa shape index (κ3) is 7.52. The van der Waals surface area contributed by atoms with Crippen LogP contribution in [-0.2, 0) is 16.0 Å². The Morgan fingerprint density at radius 1 is 1.09 bits per heavy atom. The van der Waals surface area contributed by atoms with Crippen LogP contribution in [0.25, 0.3) is 0 Å². The summed E-state index contributed by atoms with van der Waals surface area (Å²) in [6, 6.07) is 7.65. The Balaban J connectivity index is 2.21. The maximum Gasteiger partial charge on any atom is 0.408 e. The zero-order chi connectivity index (χ0) is 16.6. The van der Waals surface area contributed by atoms with Gasteiger partial charge in [0.2, 0.25) is 5.91 Å². The van der Waals surface area contributed by atoms with Gasteiger partial charge in [0.1, 0.15) is 11.4 Å². The van der Waals surface area contributed by atoms with Crippen LogP contribution >= 0.6 is 0 Å². The average molecular weight is 308 g/mol. The van der Waals surface area contributed by atoms with Gasteiger partial charge in [0, 0.05) is 6.54 Å². The first-order valence-electron chi connectivity index (χ1n) is 7.16. The summed E-state index contributed by atoms with van der Waals surface area (Å²) in [5.74, 6) is 0.550. The second-order valence-electron chi connectivity index (χ2n) is 5.80. The molecule has 0 aromatic heterocycles. The molecule has 0 radical (unpaired) electrons. The first kappa shape index (κ1) is 17.8. The molecule has 0 aliphatic rings. The predicted molar refractivity (Wildman–Crippen MR) is 83.9 cm³/mol. The highest BCUT2D eigenvalue weighted by Crippen LogP contribution is 2.11. The van der Waals surface area contributed by atoms with Gasteiger partial charge < -0.3 is 20.1 Å². The van der Waals surface area contributed by atoms with Gasteiger partial charge >= 0.3 is 6.09 Å². The summed E-state index contributed by atoms with van der Waals surface area (Å²) >= 11 is 0. The Morgan fingerprint density at radius 2 is 1.73 bits per heavy atom. The van der Waals surface area contributed by atoms with E-state index in [1.54, 1.807) is 27.9 Å². The van der Waals surface area contributed by atoms with E-state index in [9.17, 15) is 9.59 Å². The Kier molecular flexibility index (Phi) is 6.69. The lowest BCUT2D eigenvalue weighted by Crippen LogP contribution is -2.40. The lowest BCUT2D eigenvalue weighted by Gasteiger charge is -2.19. The third-order valence-corrected chi connectivity index (χ3v) is 2.69. The van der Waals surface area contributed by atoms with Crippen LogP contribution in [-0.4, -0.2) is 37.8 Å². The molecule has 0 unspecified atom stereocenters. The van der Waals surface area contributed by atoms with Crippen LogP contribution in [0.3, 0.4) is 0 Å².